The molecule has 0 bridgehead atoms. The van der Waals surface area contributed by atoms with Gasteiger partial charge < -0.3 is 15.7 Å². The van der Waals surface area contributed by atoms with Gasteiger partial charge in [0, 0.05) is 12.6 Å². The molecule has 5 heteroatoms. The summed E-state index contributed by atoms with van der Waals surface area (Å²) in [7, 11) is 0. The van der Waals surface area contributed by atoms with Crippen molar-refractivity contribution in [2.24, 2.45) is 11.8 Å². The van der Waals surface area contributed by atoms with Gasteiger partial charge in [-0.15, -0.1) is 0 Å². The van der Waals surface area contributed by atoms with Crippen LogP contribution in [0, 0.1) is 11.8 Å². The van der Waals surface area contributed by atoms with Gasteiger partial charge in [-0.25, -0.2) is 0 Å². The smallest absolute Gasteiger partial charge is 0.306 e. The second-order valence-corrected chi connectivity index (χ2v) is 4.46. The first-order valence-electron chi connectivity index (χ1n) is 5.76. The molecule has 3 unspecified atom stereocenters. The summed E-state index contributed by atoms with van der Waals surface area (Å²) in [6.45, 7) is 4.96. The van der Waals surface area contributed by atoms with Crippen molar-refractivity contribution < 1.29 is 14.7 Å². The summed E-state index contributed by atoms with van der Waals surface area (Å²) in [6, 6.07) is 0.219. The monoisotopic (exact) mass is 228 g/mol. The first-order valence-corrected chi connectivity index (χ1v) is 5.76. The molecule has 0 saturated carbocycles. The van der Waals surface area contributed by atoms with E-state index in [1.165, 1.54) is 0 Å². The Kier molecular flexibility index (Phi) is 4.73. The van der Waals surface area contributed by atoms with Crippen LogP contribution in [0.1, 0.15) is 26.7 Å². The number of hydrogen-bond acceptors (Lipinski definition) is 3. The molecule has 16 heavy (non-hydrogen) atoms. The van der Waals surface area contributed by atoms with Gasteiger partial charge in [-0.1, -0.05) is 6.92 Å². The largest absolute Gasteiger partial charge is 0.481 e. The molecule has 3 atom stereocenters. The number of aliphatic carboxylic acids is 1. The summed E-state index contributed by atoms with van der Waals surface area (Å²) in [5.41, 5.74) is 0. The number of hydrogen-bond donors (Lipinski definition) is 3. The van der Waals surface area contributed by atoms with Crippen molar-refractivity contribution in [2.75, 3.05) is 13.1 Å². The zero-order chi connectivity index (χ0) is 12.1. The highest BCUT2D eigenvalue weighted by atomic mass is 16.4. The summed E-state index contributed by atoms with van der Waals surface area (Å²) in [4.78, 5) is 22.3. The van der Waals surface area contributed by atoms with Crippen molar-refractivity contribution in [1.82, 2.24) is 10.6 Å². The molecule has 1 fully saturated rings. The third kappa shape index (κ3) is 3.48. The Labute approximate surface area is 95.6 Å². The van der Waals surface area contributed by atoms with Crippen molar-refractivity contribution >= 4 is 11.9 Å². The van der Waals surface area contributed by atoms with Crippen molar-refractivity contribution in [3.8, 4) is 0 Å². The summed E-state index contributed by atoms with van der Waals surface area (Å²) in [5.74, 6) is -1.15. The molecule has 0 aromatic carbocycles. The Bertz CT molecular complexity index is 268. The number of carbonyl (C=O) groups is 2. The molecule has 5 nitrogen and oxygen atoms in total. The summed E-state index contributed by atoms with van der Waals surface area (Å²) >= 11 is 0. The fraction of sp³-hybridized carbons (Fsp3) is 0.818. The average Bonchev–Trinajstić information content (AvgIpc) is 2.64. The molecule has 3 N–H and O–H groups in total. The maximum atomic E-state index is 11.7. The van der Waals surface area contributed by atoms with Gasteiger partial charge in [-0.05, 0) is 26.3 Å². The Morgan fingerprint density at radius 3 is 2.75 bits per heavy atom. The number of nitrogens with one attached hydrogen (secondary N) is 2. The van der Waals surface area contributed by atoms with Gasteiger partial charge in [-0.2, -0.15) is 0 Å². The topological polar surface area (TPSA) is 78.4 Å². The Hall–Kier alpha value is -1.10. The highest BCUT2D eigenvalue weighted by Gasteiger charge is 2.29. The molecule has 1 heterocycles. The molecule has 92 valence electrons. The van der Waals surface area contributed by atoms with E-state index in [-0.39, 0.29) is 17.9 Å². The first kappa shape index (κ1) is 13.0. The summed E-state index contributed by atoms with van der Waals surface area (Å²) < 4.78 is 0. The van der Waals surface area contributed by atoms with Gasteiger partial charge in [0.2, 0.25) is 5.91 Å². The van der Waals surface area contributed by atoms with Gasteiger partial charge >= 0.3 is 5.97 Å². The van der Waals surface area contributed by atoms with Crippen LogP contribution < -0.4 is 10.6 Å². The SMILES string of the molecule is CC(CCNC(=O)C1CCNC1C)C(=O)O. The lowest BCUT2D eigenvalue weighted by Crippen LogP contribution is -2.37. The first-order chi connectivity index (χ1) is 7.52. The van der Waals surface area contributed by atoms with Crippen LogP contribution in [0.4, 0.5) is 0 Å². The number of carboxylic acids is 1. The third-order valence-electron chi connectivity index (χ3n) is 3.16. The number of amides is 1. The van der Waals surface area contributed by atoms with E-state index in [9.17, 15) is 9.59 Å². The second-order valence-electron chi connectivity index (χ2n) is 4.46. The molecule has 0 spiro atoms. The lowest BCUT2D eigenvalue weighted by Gasteiger charge is -2.15. The molecule has 0 aliphatic carbocycles. The van der Waals surface area contributed by atoms with E-state index < -0.39 is 11.9 Å². The molecular formula is C11H20N2O3. The third-order valence-corrected chi connectivity index (χ3v) is 3.16. The van der Waals surface area contributed by atoms with E-state index >= 15 is 0 Å². The normalized spacial score (nSPS) is 26.4. The van der Waals surface area contributed by atoms with Crippen LogP contribution in [0.3, 0.4) is 0 Å². The zero-order valence-electron chi connectivity index (χ0n) is 9.82. The Balaban J connectivity index is 2.22. The Morgan fingerprint density at radius 2 is 2.25 bits per heavy atom. The van der Waals surface area contributed by atoms with Crippen molar-refractivity contribution in [2.45, 2.75) is 32.7 Å². The maximum absolute atomic E-state index is 11.7. The predicted octanol–water partition coefficient (Wildman–Crippen LogP) is 0.211. The van der Waals surface area contributed by atoms with Crippen LogP contribution in [-0.4, -0.2) is 36.1 Å². The van der Waals surface area contributed by atoms with Crippen LogP contribution >= 0.6 is 0 Å². The zero-order valence-corrected chi connectivity index (χ0v) is 9.82. The molecule has 0 radical (unpaired) electrons. The van der Waals surface area contributed by atoms with Gasteiger partial charge in [0.1, 0.15) is 0 Å². The van der Waals surface area contributed by atoms with Crippen LogP contribution in [0.2, 0.25) is 0 Å². The Morgan fingerprint density at radius 1 is 1.56 bits per heavy atom. The van der Waals surface area contributed by atoms with Crippen LogP contribution in [0.25, 0.3) is 0 Å². The minimum Gasteiger partial charge on any atom is -0.481 e. The second kappa shape index (κ2) is 5.84. The van der Waals surface area contributed by atoms with Gasteiger partial charge in [0.05, 0.1) is 11.8 Å². The number of carboxylic acid groups (broad SMARTS) is 1. The van der Waals surface area contributed by atoms with E-state index in [1.54, 1.807) is 6.92 Å². The van der Waals surface area contributed by atoms with Gasteiger partial charge in [0.15, 0.2) is 0 Å². The molecule has 0 aromatic rings. The molecule has 1 aliphatic heterocycles. The van der Waals surface area contributed by atoms with E-state index in [0.29, 0.717) is 13.0 Å². The number of rotatable bonds is 5. The molecular weight excluding hydrogens is 208 g/mol. The average molecular weight is 228 g/mol. The quantitative estimate of drug-likeness (QED) is 0.628. The lowest BCUT2D eigenvalue weighted by molar-refractivity contribution is -0.141. The van der Waals surface area contributed by atoms with E-state index in [0.717, 1.165) is 13.0 Å². The number of carbonyl (C=O) groups excluding carboxylic acids is 1. The van der Waals surface area contributed by atoms with Crippen molar-refractivity contribution in [3.63, 3.8) is 0 Å². The van der Waals surface area contributed by atoms with Gasteiger partial charge in [0.25, 0.3) is 0 Å². The van der Waals surface area contributed by atoms with Crippen molar-refractivity contribution in [1.29, 1.82) is 0 Å². The molecule has 1 rings (SSSR count). The van der Waals surface area contributed by atoms with E-state index in [2.05, 4.69) is 10.6 Å². The minimum atomic E-state index is -0.815. The van der Waals surface area contributed by atoms with E-state index in [1.807, 2.05) is 6.92 Å². The molecule has 1 amide bonds. The lowest BCUT2D eigenvalue weighted by atomic mass is 10.0. The summed E-state index contributed by atoms with van der Waals surface area (Å²) in [5, 5.41) is 14.7. The minimum absolute atomic E-state index is 0.0279. The molecule has 1 aliphatic rings. The van der Waals surface area contributed by atoms with Gasteiger partial charge in [-0.3, -0.25) is 9.59 Å². The van der Waals surface area contributed by atoms with Crippen molar-refractivity contribution in [3.05, 3.63) is 0 Å². The summed E-state index contributed by atoms with van der Waals surface area (Å²) in [6.07, 6.45) is 1.34. The maximum Gasteiger partial charge on any atom is 0.306 e. The fourth-order valence-electron chi connectivity index (χ4n) is 1.88. The van der Waals surface area contributed by atoms with Crippen LogP contribution in [0.15, 0.2) is 0 Å². The highest BCUT2D eigenvalue weighted by molar-refractivity contribution is 5.79. The van der Waals surface area contributed by atoms with Crippen LogP contribution in [0.5, 0.6) is 0 Å². The molecule has 1 saturated heterocycles. The highest BCUT2D eigenvalue weighted by Crippen LogP contribution is 2.14. The molecule has 0 aromatic heterocycles. The predicted molar refractivity (Wildman–Crippen MR) is 60.0 cm³/mol. The van der Waals surface area contributed by atoms with Crippen LogP contribution in [-0.2, 0) is 9.59 Å². The van der Waals surface area contributed by atoms with E-state index in [4.69, 9.17) is 5.11 Å². The standard InChI is InChI=1S/C11H20N2O3/c1-7(11(15)16)3-5-13-10(14)9-4-6-12-8(9)2/h7-9,12H,3-6H2,1-2H3,(H,13,14)(H,15,16). The fourth-order valence-corrected chi connectivity index (χ4v) is 1.88.